The van der Waals surface area contributed by atoms with Gasteiger partial charge in [0.2, 0.25) is 0 Å². The Kier molecular flexibility index (Phi) is 5.02. The molecule has 1 nitrogen and oxygen atoms in total. The summed E-state index contributed by atoms with van der Waals surface area (Å²) in [7, 11) is 0. The van der Waals surface area contributed by atoms with Gasteiger partial charge in [0.05, 0.1) is 5.88 Å². The fraction of sp³-hybridized carbons (Fsp3) is 0.294. The van der Waals surface area contributed by atoms with Gasteiger partial charge in [0.1, 0.15) is 17.3 Å². The van der Waals surface area contributed by atoms with Crippen molar-refractivity contribution in [3.63, 3.8) is 0 Å². The Hall–Kier alpha value is -1.54. The van der Waals surface area contributed by atoms with Crippen molar-refractivity contribution in [3.8, 4) is 11.5 Å². The standard InChI is InChI=1S/C17H18ClFO/c1-3-12(2)13-4-7-16(8-5-13)20-17-9-6-15(19)10-14(17)11-18/h4-10,12H,3,11H2,1-2H3. The van der Waals surface area contributed by atoms with E-state index in [1.807, 2.05) is 12.1 Å². The summed E-state index contributed by atoms with van der Waals surface area (Å²) in [4.78, 5) is 0. The van der Waals surface area contributed by atoms with E-state index in [4.69, 9.17) is 16.3 Å². The van der Waals surface area contributed by atoms with Crippen molar-refractivity contribution in [3.05, 3.63) is 59.4 Å². The molecular weight excluding hydrogens is 275 g/mol. The zero-order valence-corrected chi connectivity index (χ0v) is 12.5. The van der Waals surface area contributed by atoms with Crippen LogP contribution in [0.5, 0.6) is 11.5 Å². The van der Waals surface area contributed by atoms with Crippen LogP contribution < -0.4 is 4.74 Å². The van der Waals surface area contributed by atoms with E-state index in [0.717, 1.165) is 12.2 Å². The first-order chi connectivity index (χ1) is 9.63. The number of benzene rings is 2. The molecule has 1 atom stereocenters. The Bertz CT molecular complexity index is 566. The second kappa shape index (κ2) is 6.76. The summed E-state index contributed by atoms with van der Waals surface area (Å²) in [5.41, 5.74) is 1.94. The third kappa shape index (κ3) is 3.51. The van der Waals surface area contributed by atoms with Gasteiger partial charge >= 0.3 is 0 Å². The van der Waals surface area contributed by atoms with Crippen molar-refractivity contribution >= 4 is 11.6 Å². The van der Waals surface area contributed by atoms with Crippen LogP contribution in [-0.4, -0.2) is 0 Å². The molecule has 0 aliphatic heterocycles. The molecule has 0 fully saturated rings. The molecular formula is C17H18ClFO. The van der Waals surface area contributed by atoms with E-state index < -0.39 is 0 Å². The van der Waals surface area contributed by atoms with Crippen molar-refractivity contribution in [1.29, 1.82) is 0 Å². The highest BCUT2D eigenvalue weighted by Gasteiger charge is 2.07. The van der Waals surface area contributed by atoms with Crippen LogP contribution in [0.1, 0.15) is 37.3 Å². The topological polar surface area (TPSA) is 9.23 Å². The Morgan fingerprint density at radius 3 is 2.45 bits per heavy atom. The largest absolute Gasteiger partial charge is 0.457 e. The first-order valence-electron chi connectivity index (χ1n) is 6.76. The fourth-order valence-electron chi connectivity index (χ4n) is 1.98. The monoisotopic (exact) mass is 292 g/mol. The SMILES string of the molecule is CCC(C)c1ccc(Oc2ccc(F)cc2CCl)cc1. The second-order valence-electron chi connectivity index (χ2n) is 4.87. The van der Waals surface area contributed by atoms with E-state index in [0.29, 0.717) is 17.2 Å². The van der Waals surface area contributed by atoms with Crippen molar-refractivity contribution < 1.29 is 9.13 Å². The summed E-state index contributed by atoms with van der Waals surface area (Å²) in [5.74, 6) is 1.78. The minimum absolute atomic E-state index is 0.220. The number of hydrogen-bond acceptors (Lipinski definition) is 1. The summed E-state index contributed by atoms with van der Waals surface area (Å²) >= 11 is 5.81. The molecule has 106 valence electrons. The maximum atomic E-state index is 13.1. The van der Waals surface area contributed by atoms with Crippen molar-refractivity contribution in [2.45, 2.75) is 32.1 Å². The van der Waals surface area contributed by atoms with E-state index in [9.17, 15) is 4.39 Å². The molecule has 2 aromatic carbocycles. The predicted octanol–water partition coefficient (Wildman–Crippen LogP) is 5.87. The van der Waals surface area contributed by atoms with Gasteiger partial charge in [-0.05, 0) is 48.2 Å². The molecule has 0 saturated carbocycles. The Balaban J connectivity index is 2.18. The van der Waals surface area contributed by atoms with E-state index in [2.05, 4.69) is 26.0 Å². The van der Waals surface area contributed by atoms with E-state index in [1.165, 1.54) is 17.7 Å². The van der Waals surface area contributed by atoms with Gasteiger partial charge in [-0.15, -0.1) is 11.6 Å². The molecule has 1 unspecified atom stereocenters. The molecule has 0 spiro atoms. The van der Waals surface area contributed by atoms with Gasteiger partial charge < -0.3 is 4.74 Å². The van der Waals surface area contributed by atoms with Crippen LogP contribution in [0.15, 0.2) is 42.5 Å². The molecule has 20 heavy (non-hydrogen) atoms. The van der Waals surface area contributed by atoms with E-state index in [-0.39, 0.29) is 11.7 Å². The summed E-state index contributed by atoms with van der Waals surface area (Å²) in [6, 6.07) is 12.4. The lowest BCUT2D eigenvalue weighted by Crippen LogP contribution is -1.93. The second-order valence-corrected chi connectivity index (χ2v) is 5.13. The van der Waals surface area contributed by atoms with Crippen LogP contribution in [0.4, 0.5) is 4.39 Å². The number of hydrogen-bond donors (Lipinski definition) is 0. The van der Waals surface area contributed by atoms with Gasteiger partial charge in [-0.1, -0.05) is 26.0 Å². The average molecular weight is 293 g/mol. The highest BCUT2D eigenvalue weighted by atomic mass is 35.5. The van der Waals surface area contributed by atoms with Crippen LogP contribution in [0.25, 0.3) is 0 Å². The quantitative estimate of drug-likeness (QED) is 0.626. The van der Waals surface area contributed by atoms with E-state index in [1.54, 1.807) is 6.07 Å². The molecule has 0 aliphatic rings. The molecule has 0 aromatic heterocycles. The lowest BCUT2D eigenvalue weighted by atomic mass is 9.99. The van der Waals surface area contributed by atoms with Gasteiger partial charge in [-0.25, -0.2) is 4.39 Å². The van der Waals surface area contributed by atoms with Crippen molar-refractivity contribution in [2.75, 3.05) is 0 Å². The lowest BCUT2D eigenvalue weighted by Gasteiger charge is -2.12. The summed E-state index contributed by atoms with van der Waals surface area (Å²) in [6.07, 6.45) is 1.11. The smallest absolute Gasteiger partial charge is 0.132 e. The number of halogens is 2. The molecule has 0 heterocycles. The molecule has 2 rings (SSSR count). The zero-order chi connectivity index (χ0) is 14.5. The maximum Gasteiger partial charge on any atom is 0.132 e. The lowest BCUT2D eigenvalue weighted by molar-refractivity contribution is 0.475. The van der Waals surface area contributed by atoms with Crippen LogP contribution in [0, 0.1) is 5.82 Å². The Morgan fingerprint density at radius 2 is 1.85 bits per heavy atom. The van der Waals surface area contributed by atoms with Crippen LogP contribution in [0.2, 0.25) is 0 Å². The van der Waals surface area contributed by atoms with Gasteiger partial charge in [0.15, 0.2) is 0 Å². The van der Waals surface area contributed by atoms with Gasteiger partial charge in [-0.2, -0.15) is 0 Å². The molecule has 2 aromatic rings. The normalized spacial score (nSPS) is 12.2. The van der Waals surface area contributed by atoms with Crippen LogP contribution in [0.3, 0.4) is 0 Å². The third-order valence-corrected chi connectivity index (χ3v) is 3.74. The van der Waals surface area contributed by atoms with Gasteiger partial charge in [0, 0.05) is 5.56 Å². The molecule has 0 N–H and O–H groups in total. The van der Waals surface area contributed by atoms with Crippen molar-refractivity contribution in [1.82, 2.24) is 0 Å². The third-order valence-electron chi connectivity index (χ3n) is 3.46. The number of alkyl halides is 1. The average Bonchev–Trinajstić information content (AvgIpc) is 2.49. The molecule has 0 saturated heterocycles. The summed E-state index contributed by atoms with van der Waals surface area (Å²) < 4.78 is 18.9. The summed E-state index contributed by atoms with van der Waals surface area (Å²) in [5, 5.41) is 0. The first-order valence-corrected chi connectivity index (χ1v) is 7.29. The van der Waals surface area contributed by atoms with Crippen molar-refractivity contribution in [2.24, 2.45) is 0 Å². The predicted molar refractivity (Wildman–Crippen MR) is 81.2 cm³/mol. The minimum atomic E-state index is -0.305. The highest BCUT2D eigenvalue weighted by molar-refractivity contribution is 6.17. The molecule has 0 amide bonds. The zero-order valence-electron chi connectivity index (χ0n) is 11.7. The Labute approximate surface area is 124 Å². The van der Waals surface area contributed by atoms with Gasteiger partial charge in [-0.3, -0.25) is 0 Å². The number of rotatable bonds is 5. The summed E-state index contributed by atoms with van der Waals surface area (Å²) in [6.45, 7) is 4.36. The van der Waals surface area contributed by atoms with Gasteiger partial charge in [0.25, 0.3) is 0 Å². The maximum absolute atomic E-state index is 13.1. The van der Waals surface area contributed by atoms with E-state index >= 15 is 0 Å². The molecule has 3 heteroatoms. The molecule has 0 bridgehead atoms. The molecule has 0 radical (unpaired) electrons. The van der Waals surface area contributed by atoms with Crippen LogP contribution >= 0.6 is 11.6 Å². The Morgan fingerprint density at radius 1 is 1.15 bits per heavy atom. The highest BCUT2D eigenvalue weighted by Crippen LogP contribution is 2.28. The number of ether oxygens (including phenoxy) is 1. The fourth-order valence-corrected chi connectivity index (χ4v) is 2.19. The molecule has 0 aliphatic carbocycles. The van der Waals surface area contributed by atoms with Crippen LogP contribution in [-0.2, 0) is 5.88 Å². The first kappa shape index (κ1) is 14.9. The minimum Gasteiger partial charge on any atom is -0.457 e.